The Labute approximate surface area is 169 Å². The number of amides is 2. The van der Waals surface area contributed by atoms with E-state index in [0.29, 0.717) is 34.4 Å². The number of thioether (sulfide) groups is 1. The number of carbonyl (C=O) groups is 2. The number of rotatable bonds is 6. The van der Waals surface area contributed by atoms with Gasteiger partial charge in [-0.25, -0.2) is 0 Å². The molecule has 0 aromatic heterocycles. The molecule has 28 heavy (non-hydrogen) atoms. The van der Waals surface area contributed by atoms with E-state index < -0.39 is 0 Å². The zero-order chi connectivity index (χ0) is 20.1. The van der Waals surface area contributed by atoms with E-state index in [1.807, 2.05) is 0 Å². The normalized spacial score (nSPS) is 19.8. The van der Waals surface area contributed by atoms with Gasteiger partial charge in [-0.2, -0.15) is 0 Å². The highest BCUT2D eigenvalue weighted by atomic mass is 32.2. The summed E-state index contributed by atoms with van der Waals surface area (Å²) >= 11 is 0.966. The van der Waals surface area contributed by atoms with Crippen LogP contribution in [0.15, 0.2) is 17.0 Å². The number of likely N-dealkylation sites (tertiary alicyclic amines) is 1. The molecule has 0 N–H and O–H groups in total. The molecule has 0 radical (unpaired) electrons. The first-order valence-electron chi connectivity index (χ1n) is 9.35. The van der Waals surface area contributed by atoms with Crippen LogP contribution in [-0.4, -0.2) is 62.0 Å². The van der Waals surface area contributed by atoms with E-state index in [4.69, 9.17) is 14.2 Å². The Kier molecular flexibility index (Phi) is 6.85. The van der Waals surface area contributed by atoms with Gasteiger partial charge in [-0.1, -0.05) is 12.8 Å². The highest BCUT2D eigenvalue weighted by Gasteiger charge is 2.36. The van der Waals surface area contributed by atoms with E-state index in [-0.39, 0.29) is 11.1 Å². The summed E-state index contributed by atoms with van der Waals surface area (Å²) in [7, 11) is 4.61. The first-order chi connectivity index (χ1) is 13.6. The average molecular weight is 407 g/mol. The number of hydrogen-bond acceptors (Lipinski definition) is 7. The molecule has 0 bridgehead atoms. The lowest BCUT2D eigenvalue weighted by Crippen LogP contribution is -2.40. The second-order valence-corrected chi connectivity index (χ2v) is 7.74. The number of ether oxygens (including phenoxy) is 3. The molecule has 1 aromatic carbocycles. The lowest BCUT2D eigenvalue weighted by atomic mass is 10.1. The molecule has 0 spiro atoms. The molecule has 2 aliphatic rings. The molecule has 0 aliphatic carbocycles. The minimum atomic E-state index is -0.256. The number of methoxy groups -OCH3 is 3. The summed E-state index contributed by atoms with van der Waals surface area (Å²) in [6.07, 6.45) is 6.33. The fourth-order valence-electron chi connectivity index (χ4n) is 3.44. The van der Waals surface area contributed by atoms with E-state index >= 15 is 0 Å². The van der Waals surface area contributed by atoms with Gasteiger partial charge in [0.05, 0.1) is 32.9 Å². The van der Waals surface area contributed by atoms with Crippen LogP contribution in [0.3, 0.4) is 0 Å². The quantitative estimate of drug-likeness (QED) is 0.669. The van der Waals surface area contributed by atoms with Crippen LogP contribution in [0.5, 0.6) is 17.2 Å². The Morgan fingerprint density at radius 1 is 0.964 bits per heavy atom. The van der Waals surface area contributed by atoms with Gasteiger partial charge in [0.15, 0.2) is 11.5 Å². The van der Waals surface area contributed by atoms with Crippen molar-refractivity contribution in [3.63, 3.8) is 0 Å². The second-order valence-electron chi connectivity index (χ2n) is 6.74. The van der Waals surface area contributed by atoms with E-state index in [1.165, 1.54) is 39.1 Å². The standard InChI is InChI=1S/C20H26N2O5S/c1-25-15-10-14(11-16(26-2)18(15)27-3)12-17-19(23)22(20(24)28-17)13-21-8-6-4-5-7-9-21/h10-12H,4-9,13H2,1-3H3/b17-12+. The maximum atomic E-state index is 12.8. The molecular weight excluding hydrogens is 380 g/mol. The van der Waals surface area contributed by atoms with Gasteiger partial charge in [0.25, 0.3) is 11.1 Å². The van der Waals surface area contributed by atoms with Gasteiger partial charge < -0.3 is 14.2 Å². The van der Waals surface area contributed by atoms with Crippen molar-refractivity contribution in [3.8, 4) is 17.2 Å². The van der Waals surface area contributed by atoms with E-state index in [9.17, 15) is 9.59 Å². The van der Waals surface area contributed by atoms with Crippen LogP contribution in [0.25, 0.3) is 6.08 Å². The minimum Gasteiger partial charge on any atom is -0.493 e. The average Bonchev–Trinajstić information content (AvgIpc) is 2.88. The molecule has 2 saturated heterocycles. The third-order valence-electron chi connectivity index (χ3n) is 4.90. The highest BCUT2D eigenvalue weighted by molar-refractivity contribution is 8.18. The molecule has 8 heteroatoms. The third-order valence-corrected chi connectivity index (χ3v) is 5.81. The van der Waals surface area contributed by atoms with Crippen molar-refractivity contribution in [1.29, 1.82) is 0 Å². The maximum absolute atomic E-state index is 12.8. The van der Waals surface area contributed by atoms with Gasteiger partial charge in [-0.15, -0.1) is 0 Å². The first-order valence-corrected chi connectivity index (χ1v) is 10.2. The maximum Gasteiger partial charge on any atom is 0.294 e. The zero-order valence-electron chi connectivity index (χ0n) is 16.5. The van der Waals surface area contributed by atoms with Crippen LogP contribution in [0.4, 0.5) is 4.79 Å². The second kappa shape index (κ2) is 9.34. The van der Waals surface area contributed by atoms with Crippen molar-refractivity contribution in [3.05, 3.63) is 22.6 Å². The number of carbonyl (C=O) groups excluding carboxylic acids is 2. The van der Waals surface area contributed by atoms with E-state index in [0.717, 1.165) is 37.7 Å². The monoisotopic (exact) mass is 406 g/mol. The highest BCUT2D eigenvalue weighted by Crippen LogP contribution is 2.40. The van der Waals surface area contributed by atoms with Gasteiger partial charge >= 0.3 is 0 Å². The fourth-order valence-corrected chi connectivity index (χ4v) is 4.27. The van der Waals surface area contributed by atoms with Crippen LogP contribution >= 0.6 is 11.8 Å². The molecule has 0 saturated carbocycles. The van der Waals surface area contributed by atoms with Crippen molar-refractivity contribution in [2.24, 2.45) is 0 Å². The Hall–Kier alpha value is -2.19. The SMILES string of the molecule is COc1cc(/C=C2/SC(=O)N(CN3CCCCCC3)C2=O)cc(OC)c1OC. The van der Waals surface area contributed by atoms with Gasteiger partial charge in [-0.05, 0) is 61.5 Å². The molecular formula is C20H26N2O5S. The summed E-state index contributed by atoms with van der Waals surface area (Å²) in [6, 6.07) is 3.51. The van der Waals surface area contributed by atoms with E-state index in [1.54, 1.807) is 18.2 Å². The van der Waals surface area contributed by atoms with Gasteiger partial charge in [0, 0.05) is 0 Å². The van der Waals surface area contributed by atoms with Crippen LogP contribution in [0.2, 0.25) is 0 Å². The molecule has 2 heterocycles. The van der Waals surface area contributed by atoms with Crippen LogP contribution in [-0.2, 0) is 4.79 Å². The minimum absolute atomic E-state index is 0.229. The molecule has 152 valence electrons. The molecule has 0 atom stereocenters. The predicted molar refractivity (Wildman–Crippen MR) is 109 cm³/mol. The number of benzene rings is 1. The van der Waals surface area contributed by atoms with E-state index in [2.05, 4.69) is 4.90 Å². The Morgan fingerprint density at radius 3 is 2.11 bits per heavy atom. The predicted octanol–water partition coefficient (Wildman–Crippen LogP) is 3.58. The van der Waals surface area contributed by atoms with Crippen molar-refractivity contribution in [1.82, 2.24) is 9.80 Å². The molecule has 2 fully saturated rings. The largest absolute Gasteiger partial charge is 0.493 e. The summed E-state index contributed by atoms with van der Waals surface area (Å²) in [5.41, 5.74) is 0.703. The number of nitrogens with zero attached hydrogens (tertiary/aromatic N) is 2. The Morgan fingerprint density at radius 2 is 1.57 bits per heavy atom. The molecule has 1 aromatic rings. The summed E-state index contributed by atoms with van der Waals surface area (Å²) < 4.78 is 16.0. The topological polar surface area (TPSA) is 68.3 Å². The number of hydrogen-bond donors (Lipinski definition) is 0. The van der Waals surface area contributed by atoms with Gasteiger partial charge in [0.2, 0.25) is 5.75 Å². The van der Waals surface area contributed by atoms with Crippen LogP contribution < -0.4 is 14.2 Å². The summed E-state index contributed by atoms with van der Waals surface area (Å²) in [5, 5.41) is -0.229. The summed E-state index contributed by atoms with van der Waals surface area (Å²) in [6.45, 7) is 2.21. The van der Waals surface area contributed by atoms with Crippen LogP contribution in [0.1, 0.15) is 31.2 Å². The lowest BCUT2D eigenvalue weighted by molar-refractivity contribution is -0.124. The first kappa shape index (κ1) is 20.5. The lowest BCUT2D eigenvalue weighted by Gasteiger charge is -2.24. The van der Waals surface area contributed by atoms with Gasteiger partial charge in [-0.3, -0.25) is 19.4 Å². The van der Waals surface area contributed by atoms with Gasteiger partial charge in [0.1, 0.15) is 0 Å². The van der Waals surface area contributed by atoms with Crippen molar-refractivity contribution < 1.29 is 23.8 Å². The molecule has 2 amide bonds. The Bertz CT molecular complexity index is 747. The summed E-state index contributed by atoms with van der Waals surface area (Å²) in [4.78, 5) is 29.2. The smallest absolute Gasteiger partial charge is 0.294 e. The van der Waals surface area contributed by atoms with Crippen LogP contribution in [0, 0.1) is 0 Å². The molecule has 7 nitrogen and oxygen atoms in total. The zero-order valence-corrected chi connectivity index (χ0v) is 17.3. The molecule has 0 unspecified atom stereocenters. The fraction of sp³-hybridized carbons (Fsp3) is 0.500. The Balaban J connectivity index is 1.81. The van der Waals surface area contributed by atoms with Crippen molar-refractivity contribution in [2.45, 2.75) is 25.7 Å². The third kappa shape index (κ3) is 4.44. The van der Waals surface area contributed by atoms with Crippen molar-refractivity contribution >= 4 is 29.0 Å². The summed E-state index contributed by atoms with van der Waals surface area (Å²) in [5.74, 6) is 1.22. The van der Waals surface area contributed by atoms with Crippen molar-refractivity contribution in [2.75, 3.05) is 41.1 Å². The number of imide groups is 1. The molecule has 3 rings (SSSR count). The molecule has 2 aliphatic heterocycles.